The van der Waals surface area contributed by atoms with Crippen LogP contribution in [0.1, 0.15) is 13.8 Å². The van der Waals surface area contributed by atoms with Crippen molar-refractivity contribution in [2.45, 2.75) is 13.8 Å². The summed E-state index contributed by atoms with van der Waals surface area (Å²) in [7, 11) is 1.70. The minimum Gasteiger partial charge on any atom is -0.369 e. The predicted molar refractivity (Wildman–Crippen MR) is 54.9 cm³/mol. The molecule has 0 aliphatic heterocycles. The third kappa shape index (κ3) is 1.59. The van der Waals surface area contributed by atoms with Crippen molar-refractivity contribution in [1.82, 2.24) is 19.7 Å². The number of nitrogens with zero attached hydrogens (tertiary/aromatic N) is 3. The fourth-order valence-corrected chi connectivity index (χ4v) is 1.05. The number of H-pyrrole nitrogens is 1. The molecule has 0 amide bonds. The second-order valence-electron chi connectivity index (χ2n) is 2.46. The van der Waals surface area contributed by atoms with Gasteiger partial charge in [-0.1, -0.05) is 13.8 Å². The molecule has 14 heavy (non-hydrogen) atoms. The Hall–Kier alpha value is -1.85. The molecule has 0 saturated heterocycles. The molecule has 6 heteroatoms. The molecule has 0 atom stereocenters. The first-order chi connectivity index (χ1) is 6.68. The summed E-state index contributed by atoms with van der Waals surface area (Å²) in [5, 5.41) is 4.33. The van der Waals surface area contributed by atoms with Crippen LogP contribution in [0.3, 0.4) is 0 Å². The first-order valence-corrected chi connectivity index (χ1v) is 4.36. The van der Waals surface area contributed by atoms with Gasteiger partial charge in [0.05, 0.1) is 6.20 Å². The number of anilines is 1. The monoisotopic (exact) mass is 195 g/mol. The average molecular weight is 195 g/mol. The average Bonchev–Trinajstić information content (AvgIpc) is 2.52. The number of nitrogen functional groups attached to an aromatic ring is 1. The van der Waals surface area contributed by atoms with Gasteiger partial charge in [0, 0.05) is 7.05 Å². The number of rotatable bonds is 0. The molecule has 2 aromatic heterocycles. The quantitative estimate of drug-likeness (QED) is 0.631. The molecule has 0 saturated carbocycles. The third-order valence-corrected chi connectivity index (χ3v) is 1.62. The Labute approximate surface area is 80.8 Å². The second kappa shape index (κ2) is 3.91. The van der Waals surface area contributed by atoms with Crippen LogP contribution in [0.5, 0.6) is 0 Å². The molecule has 0 bridgehead atoms. The van der Waals surface area contributed by atoms with E-state index in [9.17, 15) is 4.79 Å². The number of nitrogens with two attached hydrogens (primary N) is 1. The number of hydrogen-bond acceptors (Lipinski definition) is 4. The van der Waals surface area contributed by atoms with Crippen LogP contribution in [0.2, 0.25) is 0 Å². The summed E-state index contributed by atoms with van der Waals surface area (Å²) in [6.07, 6.45) is 1.46. The van der Waals surface area contributed by atoms with Crippen molar-refractivity contribution in [3.8, 4) is 0 Å². The highest BCUT2D eigenvalue weighted by Crippen LogP contribution is 2.03. The SMILES string of the molecule is CC.Cn1ncc2c(=O)[nH]c(N)nc21. The lowest BCUT2D eigenvalue weighted by Gasteiger charge is -1.93. The van der Waals surface area contributed by atoms with E-state index in [2.05, 4.69) is 15.1 Å². The second-order valence-corrected chi connectivity index (χ2v) is 2.46. The molecule has 0 fully saturated rings. The standard InChI is InChI=1S/C6H7N5O.C2H6/c1-11-4-3(2-8-11)5(12)10-6(7)9-4;1-2/h2H,1H3,(H3,7,9,10,12);1-2H3. The summed E-state index contributed by atoms with van der Waals surface area (Å²) in [5.74, 6) is 0.108. The van der Waals surface area contributed by atoms with Crippen LogP contribution >= 0.6 is 0 Å². The fraction of sp³-hybridized carbons (Fsp3) is 0.375. The van der Waals surface area contributed by atoms with E-state index >= 15 is 0 Å². The van der Waals surface area contributed by atoms with Gasteiger partial charge in [-0.2, -0.15) is 10.1 Å². The van der Waals surface area contributed by atoms with Crippen molar-refractivity contribution in [3.63, 3.8) is 0 Å². The Morgan fingerprint density at radius 1 is 1.50 bits per heavy atom. The van der Waals surface area contributed by atoms with Gasteiger partial charge in [-0.05, 0) is 0 Å². The Kier molecular flexibility index (Phi) is 2.85. The van der Waals surface area contributed by atoms with Crippen molar-refractivity contribution in [1.29, 1.82) is 0 Å². The van der Waals surface area contributed by atoms with Gasteiger partial charge in [0.2, 0.25) is 5.95 Å². The highest BCUT2D eigenvalue weighted by Gasteiger charge is 2.04. The van der Waals surface area contributed by atoms with Crippen LogP contribution in [0.4, 0.5) is 5.95 Å². The molecule has 6 nitrogen and oxygen atoms in total. The molecule has 76 valence electrons. The van der Waals surface area contributed by atoms with E-state index in [1.54, 1.807) is 7.05 Å². The molecular formula is C8H13N5O. The lowest BCUT2D eigenvalue weighted by atomic mass is 10.4. The minimum atomic E-state index is -0.259. The van der Waals surface area contributed by atoms with Gasteiger partial charge in [-0.25, -0.2) is 0 Å². The highest BCUT2D eigenvalue weighted by atomic mass is 16.1. The van der Waals surface area contributed by atoms with Crippen LogP contribution in [0.25, 0.3) is 11.0 Å². The number of fused-ring (bicyclic) bond motifs is 1. The lowest BCUT2D eigenvalue weighted by molar-refractivity contribution is 0.786. The van der Waals surface area contributed by atoms with Gasteiger partial charge in [0.1, 0.15) is 5.39 Å². The van der Waals surface area contributed by atoms with Crippen molar-refractivity contribution >= 4 is 17.0 Å². The summed E-state index contributed by atoms with van der Waals surface area (Å²) < 4.78 is 1.50. The molecule has 0 unspecified atom stereocenters. The summed E-state index contributed by atoms with van der Waals surface area (Å²) in [6.45, 7) is 4.00. The van der Waals surface area contributed by atoms with Gasteiger partial charge in [-0.15, -0.1) is 0 Å². The summed E-state index contributed by atoms with van der Waals surface area (Å²) >= 11 is 0. The van der Waals surface area contributed by atoms with Gasteiger partial charge in [-0.3, -0.25) is 14.5 Å². The van der Waals surface area contributed by atoms with Gasteiger partial charge < -0.3 is 5.73 Å². The number of aromatic amines is 1. The molecule has 0 spiro atoms. The van der Waals surface area contributed by atoms with E-state index < -0.39 is 0 Å². The molecule has 0 radical (unpaired) electrons. The first kappa shape index (κ1) is 10.2. The summed E-state index contributed by atoms with van der Waals surface area (Å²) in [6, 6.07) is 0. The fourth-order valence-electron chi connectivity index (χ4n) is 1.05. The van der Waals surface area contributed by atoms with Crippen molar-refractivity contribution in [2.75, 3.05) is 5.73 Å². The largest absolute Gasteiger partial charge is 0.369 e. The third-order valence-electron chi connectivity index (χ3n) is 1.62. The first-order valence-electron chi connectivity index (χ1n) is 4.36. The van der Waals surface area contributed by atoms with Crippen LogP contribution in [-0.2, 0) is 7.05 Å². The smallest absolute Gasteiger partial charge is 0.263 e. The molecule has 3 N–H and O–H groups in total. The van der Waals surface area contributed by atoms with Crippen LogP contribution in [0, 0.1) is 0 Å². The van der Waals surface area contributed by atoms with E-state index in [1.807, 2.05) is 13.8 Å². The number of hydrogen-bond donors (Lipinski definition) is 2. The number of nitrogens with one attached hydrogen (secondary N) is 1. The number of aryl methyl sites for hydroxylation is 1. The Morgan fingerprint density at radius 3 is 2.79 bits per heavy atom. The van der Waals surface area contributed by atoms with Crippen molar-refractivity contribution in [3.05, 3.63) is 16.6 Å². The van der Waals surface area contributed by atoms with Crippen molar-refractivity contribution in [2.24, 2.45) is 7.05 Å². The number of aromatic nitrogens is 4. The zero-order chi connectivity index (χ0) is 10.7. The maximum Gasteiger partial charge on any atom is 0.263 e. The van der Waals surface area contributed by atoms with E-state index in [-0.39, 0.29) is 11.5 Å². The summed E-state index contributed by atoms with van der Waals surface area (Å²) in [4.78, 5) is 17.5. The normalized spacial score (nSPS) is 9.64. The van der Waals surface area contributed by atoms with E-state index in [0.29, 0.717) is 11.0 Å². The Balaban J connectivity index is 0.000000461. The maximum atomic E-state index is 11.2. The van der Waals surface area contributed by atoms with Gasteiger partial charge in [0.25, 0.3) is 5.56 Å². The molecule has 2 heterocycles. The zero-order valence-corrected chi connectivity index (χ0v) is 8.40. The highest BCUT2D eigenvalue weighted by molar-refractivity contribution is 5.73. The van der Waals surface area contributed by atoms with E-state index in [0.717, 1.165) is 0 Å². The Bertz CT molecular complexity index is 484. The molecular weight excluding hydrogens is 182 g/mol. The van der Waals surface area contributed by atoms with Gasteiger partial charge in [0.15, 0.2) is 5.65 Å². The van der Waals surface area contributed by atoms with E-state index in [4.69, 9.17) is 5.73 Å². The Morgan fingerprint density at radius 2 is 2.14 bits per heavy atom. The molecule has 2 rings (SSSR count). The topological polar surface area (TPSA) is 89.6 Å². The van der Waals surface area contributed by atoms with Gasteiger partial charge >= 0.3 is 0 Å². The molecule has 2 aromatic rings. The lowest BCUT2D eigenvalue weighted by Crippen LogP contribution is -2.11. The maximum absolute atomic E-state index is 11.2. The van der Waals surface area contributed by atoms with Crippen LogP contribution in [0.15, 0.2) is 11.0 Å². The minimum absolute atomic E-state index is 0.108. The predicted octanol–water partition coefficient (Wildman–Crippen LogP) is 0.265. The zero-order valence-electron chi connectivity index (χ0n) is 8.40. The van der Waals surface area contributed by atoms with Crippen LogP contribution in [-0.4, -0.2) is 19.7 Å². The summed E-state index contributed by atoms with van der Waals surface area (Å²) in [5.41, 5.74) is 5.58. The molecule has 0 aliphatic carbocycles. The molecule has 0 aliphatic rings. The van der Waals surface area contributed by atoms with Crippen molar-refractivity contribution < 1.29 is 0 Å². The molecule has 0 aromatic carbocycles. The van der Waals surface area contributed by atoms with Crippen LogP contribution < -0.4 is 11.3 Å². The van der Waals surface area contributed by atoms with E-state index in [1.165, 1.54) is 10.9 Å².